The molecule has 1 aliphatic rings. The zero-order valence-electron chi connectivity index (χ0n) is 10.9. The van der Waals surface area contributed by atoms with Crippen molar-refractivity contribution in [3.63, 3.8) is 0 Å². The molecule has 4 nitrogen and oxygen atoms in total. The van der Waals surface area contributed by atoms with Crippen molar-refractivity contribution in [3.8, 4) is 0 Å². The number of ether oxygens (including phenoxy) is 1. The Hall–Kier alpha value is -0.420. The third kappa shape index (κ3) is 2.55. The van der Waals surface area contributed by atoms with Gasteiger partial charge in [-0.15, -0.1) is 10.2 Å². The molecular weight excluding hydrogens is 282 g/mol. The molecule has 0 spiro atoms. The van der Waals surface area contributed by atoms with E-state index in [2.05, 4.69) is 58.4 Å². The largest absolute Gasteiger partial charge is 0.378 e. The molecular formula is C12H20BrN3O. The van der Waals surface area contributed by atoms with Crippen molar-refractivity contribution in [3.05, 3.63) is 11.6 Å². The van der Waals surface area contributed by atoms with Crippen molar-refractivity contribution >= 4 is 15.9 Å². The van der Waals surface area contributed by atoms with Crippen LogP contribution in [0, 0.1) is 0 Å². The van der Waals surface area contributed by atoms with Crippen molar-refractivity contribution in [2.75, 3.05) is 6.61 Å². The Balaban J connectivity index is 2.37. The summed E-state index contributed by atoms with van der Waals surface area (Å²) < 4.78 is 7.88. The van der Waals surface area contributed by atoms with Crippen LogP contribution in [0.25, 0.3) is 0 Å². The Morgan fingerprint density at radius 2 is 2.12 bits per heavy atom. The molecule has 0 aromatic carbocycles. The molecule has 2 heterocycles. The first-order chi connectivity index (χ1) is 7.93. The predicted molar refractivity (Wildman–Crippen MR) is 70.4 cm³/mol. The molecule has 0 saturated carbocycles. The van der Waals surface area contributed by atoms with Gasteiger partial charge in [-0.05, 0) is 34.1 Å². The summed E-state index contributed by atoms with van der Waals surface area (Å²) in [7, 11) is 0. The smallest absolute Gasteiger partial charge is 0.144 e. The molecule has 1 fully saturated rings. The molecule has 0 N–H and O–H groups in total. The monoisotopic (exact) mass is 301 g/mol. The van der Waals surface area contributed by atoms with Crippen molar-refractivity contribution in [1.82, 2.24) is 14.8 Å². The van der Waals surface area contributed by atoms with Crippen LogP contribution in [0.4, 0.5) is 0 Å². The fraction of sp³-hybridized carbons (Fsp3) is 0.833. The Bertz CT molecular complexity index is 397. The summed E-state index contributed by atoms with van der Waals surface area (Å²) in [6.45, 7) is 9.43. The van der Waals surface area contributed by atoms with E-state index < -0.39 is 0 Å². The van der Waals surface area contributed by atoms with Gasteiger partial charge in [0.05, 0.1) is 18.0 Å². The highest BCUT2D eigenvalue weighted by atomic mass is 79.9. The summed E-state index contributed by atoms with van der Waals surface area (Å²) in [5, 5.41) is 9.39. The summed E-state index contributed by atoms with van der Waals surface area (Å²) in [5.74, 6) is 2.44. The van der Waals surface area contributed by atoms with Gasteiger partial charge in [0.15, 0.2) is 0 Å². The first-order valence-corrected chi connectivity index (χ1v) is 7.18. The number of halogens is 1. The van der Waals surface area contributed by atoms with E-state index >= 15 is 0 Å². The Kier molecular flexibility index (Phi) is 3.59. The van der Waals surface area contributed by atoms with Crippen LogP contribution in [0.5, 0.6) is 0 Å². The van der Waals surface area contributed by atoms with Crippen LogP contribution in [0.1, 0.15) is 51.7 Å². The van der Waals surface area contributed by atoms with Gasteiger partial charge in [0.25, 0.3) is 0 Å². The number of aromatic nitrogens is 3. The molecule has 2 rings (SSSR count). The van der Waals surface area contributed by atoms with Gasteiger partial charge < -0.3 is 9.30 Å². The maximum Gasteiger partial charge on any atom is 0.144 e. The maximum absolute atomic E-state index is 5.64. The van der Waals surface area contributed by atoms with Gasteiger partial charge in [0.2, 0.25) is 0 Å². The third-order valence-electron chi connectivity index (χ3n) is 3.11. The molecule has 0 radical (unpaired) electrons. The van der Waals surface area contributed by atoms with Crippen LogP contribution < -0.4 is 0 Å². The SMILES string of the molecule is CC1CC(c2nnc(CBr)n2C(C)(C)C)CO1. The number of hydrogen-bond acceptors (Lipinski definition) is 3. The quantitative estimate of drug-likeness (QED) is 0.789. The lowest BCUT2D eigenvalue weighted by Crippen LogP contribution is -2.27. The zero-order chi connectivity index (χ0) is 12.6. The standard InChI is InChI=1S/C12H20BrN3O/c1-8-5-9(7-17-8)11-15-14-10(6-13)16(11)12(2,3)4/h8-9H,5-7H2,1-4H3. The van der Waals surface area contributed by atoms with E-state index in [-0.39, 0.29) is 5.54 Å². The molecule has 0 aliphatic carbocycles. The van der Waals surface area contributed by atoms with Crippen LogP contribution in [-0.4, -0.2) is 27.5 Å². The molecule has 2 unspecified atom stereocenters. The van der Waals surface area contributed by atoms with Gasteiger partial charge in [-0.3, -0.25) is 0 Å². The van der Waals surface area contributed by atoms with Gasteiger partial charge in [0, 0.05) is 11.5 Å². The van der Waals surface area contributed by atoms with Gasteiger partial charge in [0.1, 0.15) is 11.6 Å². The summed E-state index contributed by atoms with van der Waals surface area (Å²) in [6, 6.07) is 0. The first-order valence-electron chi connectivity index (χ1n) is 6.05. The van der Waals surface area contributed by atoms with Gasteiger partial charge in [-0.2, -0.15) is 0 Å². The van der Waals surface area contributed by atoms with Crippen molar-refractivity contribution in [1.29, 1.82) is 0 Å². The second kappa shape index (κ2) is 4.69. The minimum atomic E-state index is 0.00770. The van der Waals surface area contributed by atoms with Crippen molar-refractivity contribution < 1.29 is 4.74 Å². The molecule has 96 valence electrons. The molecule has 5 heteroatoms. The lowest BCUT2D eigenvalue weighted by molar-refractivity contribution is 0.123. The lowest BCUT2D eigenvalue weighted by atomic mass is 10.0. The summed E-state index contributed by atoms with van der Waals surface area (Å²) in [4.78, 5) is 0. The number of rotatable bonds is 2. The summed E-state index contributed by atoms with van der Waals surface area (Å²) in [6.07, 6.45) is 1.37. The van der Waals surface area contributed by atoms with E-state index in [9.17, 15) is 0 Å². The second-order valence-corrected chi connectivity index (χ2v) is 6.25. The molecule has 17 heavy (non-hydrogen) atoms. The average Bonchev–Trinajstić information content (AvgIpc) is 2.81. The second-order valence-electron chi connectivity index (χ2n) is 5.69. The highest BCUT2D eigenvalue weighted by molar-refractivity contribution is 9.08. The summed E-state index contributed by atoms with van der Waals surface area (Å²) in [5.41, 5.74) is 0.00770. The normalized spacial score (nSPS) is 25.5. The zero-order valence-corrected chi connectivity index (χ0v) is 12.5. The van der Waals surface area contributed by atoms with Crippen LogP contribution in [0.2, 0.25) is 0 Å². The average molecular weight is 302 g/mol. The minimum absolute atomic E-state index is 0.00770. The van der Waals surface area contributed by atoms with E-state index in [1.807, 2.05) is 0 Å². The molecule has 0 amide bonds. The molecule has 2 atom stereocenters. The first kappa shape index (κ1) is 13.0. The van der Waals surface area contributed by atoms with Crippen molar-refractivity contribution in [2.45, 2.75) is 57.0 Å². The highest BCUT2D eigenvalue weighted by Crippen LogP contribution is 2.31. The van der Waals surface area contributed by atoms with Crippen molar-refractivity contribution in [2.24, 2.45) is 0 Å². The number of nitrogens with zero attached hydrogens (tertiary/aromatic N) is 3. The van der Waals surface area contributed by atoms with E-state index in [4.69, 9.17) is 4.74 Å². The molecule has 1 saturated heterocycles. The van der Waals surface area contributed by atoms with E-state index in [0.29, 0.717) is 12.0 Å². The van der Waals surface area contributed by atoms with Gasteiger partial charge in [-0.25, -0.2) is 0 Å². The maximum atomic E-state index is 5.64. The van der Waals surface area contributed by atoms with E-state index in [1.165, 1.54) is 0 Å². The third-order valence-corrected chi connectivity index (χ3v) is 3.61. The Morgan fingerprint density at radius 1 is 1.41 bits per heavy atom. The topological polar surface area (TPSA) is 39.9 Å². The van der Waals surface area contributed by atoms with Crippen LogP contribution >= 0.6 is 15.9 Å². The van der Waals surface area contributed by atoms with Gasteiger partial charge in [-0.1, -0.05) is 15.9 Å². The molecule has 0 bridgehead atoms. The fourth-order valence-electron chi connectivity index (χ4n) is 2.41. The summed E-state index contributed by atoms with van der Waals surface area (Å²) >= 11 is 3.48. The highest BCUT2D eigenvalue weighted by Gasteiger charge is 2.32. The molecule has 1 aromatic heterocycles. The number of hydrogen-bond donors (Lipinski definition) is 0. The lowest BCUT2D eigenvalue weighted by Gasteiger charge is -2.26. The molecule has 1 aliphatic heterocycles. The number of alkyl halides is 1. The van der Waals surface area contributed by atoms with Gasteiger partial charge >= 0.3 is 0 Å². The van der Waals surface area contributed by atoms with Crippen LogP contribution in [0.3, 0.4) is 0 Å². The predicted octanol–water partition coefficient (Wildman–Crippen LogP) is 2.82. The van der Waals surface area contributed by atoms with E-state index in [0.717, 1.165) is 30.0 Å². The van der Waals surface area contributed by atoms with Crippen LogP contribution in [0.15, 0.2) is 0 Å². The minimum Gasteiger partial charge on any atom is -0.378 e. The van der Waals surface area contributed by atoms with Crippen LogP contribution in [-0.2, 0) is 15.6 Å². The Labute approximate surface area is 111 Å². The fourth-order valence-corrected chi connectivity index (χ4v) is 2.77. The Morgan fingerprint density at radius 3 is 2.59 bits per heavy atom. The van der Waals surface area contributed by atoms with E-state index in [1.54, 1.807) is 0 Å². The molecule has 1 aromatic rings.